The number of unbranched alkanes of at least 4 members (excludes halogenated alkanes) is 3. The van der Waals surface area contributed by atoms with Crippen molar-refractivity contribution in [3.63, 3.8) is 0 Å². The number of carbonyl (C=O) groups is 1. The van der Waals surface area contributed by atoms with Crippen LogP contribution in [0.15, 0.2) is 0 Å². The Morgan fingerprint density at radius 1 is 1.29 bits per heavy atom. The molecule has 0 radical (unpaired) electrons. The number of hydrogen-bond acceptors (Lipinski definition) is 3. The van der Waals surface area contributed by atoms with Gasteiger partial charge in [0.05, 0.1) is 6.10 Å². The predicted molar refractivity (Wildman–Crippen MR) is 56.2 cm³/mol. The third-order valence-corrected chi connectivity index (χ3v) is 2.06. The zero-order valence-corrected chi connectivity index (χ0v) is 9.54. The fraction of sp³-hybridized carbons (Fsp3) is 0.909. The molecule has 3 heteroatoms. The van der Waals surface area contributed by atoms with Gasteiger partial charge in [-0.25, -0.2) is 4.79 Å². The maximum Gasteiger partial charge on any atom is 0.332 e. The van der Waals surface area contributed by atoms with Crippen molar-refractivity contribution in [2.45, 2.75) is 52.1 Å². The van der Waals surface area contributed by atoms with Gasteiger partial charge in [-0.15, -0.1) is 0 Å². The highest BCUT2D eigenvalue weighted by molar-refractivity contribution is 5.70. The van der Waals surface area contributed by atoms with Gasteiger partial charge >= 0.3 is 5.97 Å². The molecule has 0 saturated heterocycles. The topological polar surface area (TPSA) is 35.5 Å². The van der Waals surface area contributed by atoms with Crippen LogP contribution in [0.1, 0.15) is 46.0 Å². The van der Waals surface area contributed by atoms with Crippen LogP contribution in [0.5, 0.6) is 0 Å². The zero-order chi connectivity index (χ0) is 10.8. The van der Waals surface area contributed by atoms with E-state index in [-0.39, 0.29) is 18.7 Å². The van der Waals surface area contributed by atoms with Gasteiger partial charge in [-0.05, 0) is 19.8 Å². The number of methoxy groups -OCH3 is 1. The second-order valence-electron chi connectivity index (χ2n) is 3.58. The van der Waals surface area contributed by atoms with Gasteiger partial charge in [-0.3, -0.25) is 0 Å². The number of rotatable bonds is 8. The minimum absolute atomic E-state index is 0.0227. The molecule has 0 aliphatic rings. The van der Waals surface area contributed by atoms with Crippen molar-refractivity contribution in [1.29, 1.82) is 0 Å². The molecule has 0 unspecified atom stereocenters. The summed E-state index contributed by atoms with van der Waals surface area (Å²) >= 11 is 0. The van der Waals surface area contributed by atoms with Gasteiger partial charge in [0.1, 0.15) is 6.61 Å². The quantitative estimate of drug-likeness (QED) is 0.448. The van der Waals surface area contributed by atoms with Crippen LogP contribution in [0.25, 0.3) is 0 Å². The van der Waals surface area contributed by atoms with Crippen molar-refractivity contribution in [1.82, 2.24) is 0 Å². The Morgan fingerprint density at radius 3 is 2.57 bits per heavy atom. The minimum atomic E-state index is -0.268. The van der Waals surface area contributed by atoms with Crippen molar-refractivity contribution < 1.29 is 14.3 Å². The molecule has 0 aromatic heterocycles. The van der Waals surface area contributed by atoms with Gasteiger partial charge in [0.25, 0.3) is 0 Å². The first-order valence-corrected chi connectivity index (χ1v) is 5.39. The summed E-state index contributed by atoms with van der Waals surface area (Å²) in [5, 5.41) is 0. The van der Waals surface area contributed by atoms with E-state index in [2.05, 4.69) is 11.7 Å². The molecule has 0 N–H and O–H groups in total. The van der Waals surface area contributed by atoms with Crippen molar-refractivity contribution >= 4 is 5.97 Å². The maximum absolute atomic E-state index is 11.0. The number of hydrogen-bond donors (Lipinski definition) is 0. The third kappa shape index (κ3) is 8.05. The molecule has 84 valence electrons. The molecule has 0 aliphatic heterocycles. The Balaban J connectivity index is 3.35. The van der Waals surface area contributed by atoms with Crippen molar-refractivity contribution in [2.75, 3.05) is 13.7 Å². The summed E-state index contributed by atoms with van der Waals surface area (Å²) in [7, 11) is 1.49. The fourth-order valence-corrected chi connectivity index (χ4v) is 1.29. The first-order chi connectivity index (χ1) is 6.70. The lowest BCUT2D eigenvalue weighted by molar-refractivity contribution is -0.152. The van der Waals surface area contributed by atoms with Gasteiger partial charge in [0.15, 0.2) is 0 Å². The SMILES string of the molecule is CCCCCC[C@H](C)OC(=O)COC. The van der Waals surface area contributed by atoms with E-state index >= 15 is 0 Å². The van der Waals surface area contributed by atoms with Gasteiger partial charge in [0, 0.05) is 7.11 Å². The average Bonchev–Trinajstić information content (AvgIpc) is 2.13. The normalized spacial score (nSPS) is 12.5. The maximum atomic E-state index is 11.0. The Labute approximate surface area is 86.8 Å². The van der Waals surface area contributed by atoms with E-state index < -0.39 is 0 Å². The standard InChI is InChI=1S/C11H22O3/c1-4-5-6-7-8-10(2)14-11(12)9-13-3/h10H,4-9H2,1-3H3/t10-/m0/s1. The number of esters is 1. The summed E-state index contributed by atoms with van der Waals surface area (Å²) in [5.41, 5.74) is 0. The lowest BCUT2D eigenvalue weighted by atomic mass is 10.1. The second kappa shape index (κ2) is 9.00. The highest BCUT2D eigenvalue weighted by atomic mass is 16.6. The molecule has 1 atom stereocenters. The smallest absolute Gasteiger partial charge is 0.332 e. The lowest BCUT2D eigenvalue weighted by Gasteiger charge is -2.12. The van der Waals surface area contributed by atoms with E-state index in [0.717, 1.165) is 12.8 Å². The van der Waals surface area contributed by atoms with E-state index in [1.165, 1.54) is 26.4 Å². The van der Waals surface area contributed by atoms with E-state index in [1.807, 2.05) is 6.92 Å². The lowest BCUT2D eigenvalue weighted by Crippen LogP contribution is -2.18. The number of ether oxygens (including phenoxy) is 2. The van der Waals surface area contributed by atoms with Crippen molar-refractivity contribution in [2.24, 2.45) is 0 Å². The Hall–Kier alpha value is -0.570. The molecule has 0 fully saturated rings. The van der Waals surface area contributed by atoms with Crippen LogP contribution in [0, 0.1) is 0 Å². The van der Waals surface area contributed by atoms with Crippen molar-refractivity contribution in [3.05, 3.63) is 0 Å². The molecule has 14 heavy (non-hydrogen) atoms. The molecule has 3 nitrogen and oxygen atoms in total. The fourth-order valence-electron chi connectivity index (χ4n) is 1.29. The van der Waals surface area contributed by atoms with Gasteiger partial charge in [-0.1, -0.05) is 26.2 Å². The highest BCUT2D eigenvalue weighted by Gasteiger charge is 2.08. The Morgan fingerprint density at radius 2 is 2.00 bits per heavy atom. The highest BCUT2D eigenvalue weighted by Crippen LogP contribution is 2.07. The zero-order valence-electron chi connectivity index (χ0n) is 9.54. The molecule has 0 aliphatic carbocycles. The largest absolute Gasteiger partial charge is 0.461 e. The summed E-state index contributed by atoms with van der Waals surface area (Å²) in [6.45, 7) is 4.17. The number of carbonyl (C=O) groups excluding carboxylic acids is 1. The molecule has 0 rings (SSSR count). The minimum Gasteiger partial charge on any atom is -0.461 e. The molecule has 0 amide bonds. The molecule has 0 aromatic carbocycles. The molecule has 0 spiro atoms. The van der Waals surface area contributed by atoms with E-state index in [9.17, 15) is 4.79 Å². The molecule has 0 bridgehead atoms. The molecule has 0 aromatic rings. The molecular weight excluding hydrogens is 180 g/mol. The predicted octanol–water partition coefficient (Wildman–Crippen LogP) is 2.53. The van der Waals surface area contributed by atoms with Crippen LogP contribution in [-0.2, 0) is 14.3 Å². The second-order valence-corrected chi connectivity index (χ2v) is 3.58. The summed E-state index contributed by atoms with van der Waals surface area (Å²) < 4.78 is 9.78. The summed E-state index contributed by atoms with van der Waals surface area (Å²) in [6.07, 6.45) is 5.83. The summed E-state index contributed by atoms with van der Waals surface area (Å²) in [5.74, 6) is -0.268. The van der Waals surface area contributed by atoms with E-state index in [1.54, 1.807) is 0 Å². The summed E-state index contributed by atoms with van der Waals surface area (Å²) in [4.78, 5) is 11.0. The van der Waals surface area contributed by atoms with Crippen LogP contribution in [0.2, 0.25) is 0 Å². The first-order valence-electron chi connectivity index (χ1n) is 5.39. The monoisotopic (exact) mass is 202 g/mol. The molecule has 0 saturated carbocycles. The van der Waals surface area contributed by atoms with E-state index in [4.69, 9.17) is 4.74 Å². The average molecular weight is 202 g/mol. The van der Waals surface area contributed by atoms with Gasteiger partial charge in [-0.2, -0.15) is 0 Å². The Kier molecular flexibility index (Phi) is 8.64. The van der Waals surface area contributed by atoms with Crippen LogP contribution >= 0.6 is 0 Å². The molecule has 0 heterocycles. The van der Waals surface area contributed by atoms with Gasteiger partial charge in [0.2, 0.25) is 0 Å². The van der Waals surface area contributed by atoms with Crippen LogP contribution in [-0.4, -0.2) is 25.8 Å². The van der Waals surface area contributed by atoms with E-state index in [0.29, 0.717) is 0 Å². The first kappa shape index (κ1) is 13.4. The Bertz CT molecular complexity index is 145. The van der Waals surface area contributed by atoms with Gasteiger partial charge < -0.3 is 9.47 Å². The third-order valence-electron chi connectivity index (χ3n) is 2.06. The van der Waals surface area contributed by atoms with Crippen molar-refractivity contribution in [3.8, 4) is 0 Å². The van der Waals surface area contributed by atoms with Crippen LogP contribution in [0.3, 0.4) is 0 Å². The van der Waals surface area contributed by atoms with Crippen LogP contribution < -0.4 is 0 Å². The summed E-state index contributed by atoms with van der Waals surface area (Å²) in [6, 6.07) is 0. The van der Waals surface area contributed by atoms with Crippen LogP contribution in [0.4, 0.5) is 0 Å². The molecular formula is C11H22O3.